The van der Waals surface area contributed by atoms with E-state index >= 15 is 0 Å². The summed E-state index contributed by atoms with van der Waals surface area (Å²) in [6.07, 6.45) is 5.02. The lowest BCUT2D eigenvalue weighted by Gasteiger charge is -2.32. The van der Waals surface area contributed by atoms with Crippen molar-refractivity contribution in [2.24, 2.45) is 0 Å². The molecule has 0 radical (unpaired) electrons. The van der Waals surface area contributed by atoms with Gasteiger partial charge < -0.3 is 10.4 Å². The van der Waals surface area contributed by atoms with Crippen LogP contribution in [0.2, 0.25) is 0 Å². The molecule has 1 aliphatic carbocycles. The Balaban J connectivity index is 1.78. The normalized spacial score (nSPS) is 24.1. The first-order valence-corrected chi connectivity index (χ1v) is 8.41. The van der Waals surface area contributed by atoms with Crippen LogP contribution < -0.4 is 5.32 Å². The second-order valence-corrected chi connectivity index (χ2v) is 7.05. The van der Waals surface area contributed by atoms with E-state index in [1.165, 1.54) is 5.56 Å². The average Bonchev–Trinajstić information content (AvgIpc) is 2.95. The molecule has 0 aromatic heterocycles. The largest absolute Gasteiger partial charge is 0.394 e. The molecule has 4 heteroatoms. The first-order chi connectivity index (χ1) is 9.74. The molecule has 0 spiro atoms. The highest BCUT2D eigenvalue weighted by atomic mass is 32.2. The van der Waals surface area contributed by atoms with Gasteiger partial charge in [0.2, 0.25) is 5.91 Å². The van der Waals surface area contributed by atoms with E-state index in [2.05, 4.69) is 17.4 Å². The Bertz CT molecular complexity index is 497. The van der Waals surface area contributed by atoms with E-state index in [4.69, 9.17) is 0 Å². The van der Waals surface area contributed by atoms with Gasteiger partial charge in [-0.25, -0.2) is 0 Å². The molecule has 2 N–H and O–H groups in total. The maximum Gasteiger partial charge on any atom is 0.238 e. The summed E-state index contributed by atoms with van der Waals surface area (Å²) in [7, 11) is 0. The van der Waals surface area contributed by atoms with Crippen LogP contribution >= 0.6 is 11.8 Å². The SMILES string of the molecule is O=C(NC1(CO)CCCC1)C1SCCc2ccccc21. The van der Waals surface area contributed by atoms with Crippen LogP contribution in [0.4, 0.5) is 0 Å². The van der Waals surface area contributed by atoms with Crippen LogP contribution in [0.5, 0.6) is 0 Å². The second kappa shape index (κ2) is 5.78. The smallest absolute Gasteiger partial charge is 0.238 e. The van der Waals surface area contributed by atoms with E-state index < -0.39 is 0 Å². The molecule has 1 aromatic carbocycles. The minimum Gasteiger partial charge on any atom is -0.394 e. The number of nitrogens with one attached hydrogen (secondary N) is 1. The molecule has 3 nitrogen and oxygen atoms in total. The number of aryl methyl sites for hydroxylation is 1. The third kappa shape index (κ3) is 2.59. The van der Waals surface area contributed by atoms with Gasteiger partial charge in [0.1, 0.15) is 5.25 Å². The van der Waals surface area contributed by atoms with Gasteiger partial charge in [0.15, 0.2) is 0 Å². The molecule has 1 aliphatic heterocycles. The predicted molar refractivity (Wildman–Crippen MR) is 81.8 cm³/mol. The number of aliphatic hydroxyl groups excluding tert-OH is 1. The number of aliphatic hydroxyl groups is 1. The Labute approximate surface area is 124 Å². The summed E-state index contributed by atoms with van der Waals surface area (Å²) in [6, 6.07) is 8.22. The van der Waals surface area contributed by atoms with Crippen LogP contribution in [0.3, 0.4) is 0 Å². The van der Waals surface area contributed by atoms with Crippen LogP contribution in [0.25, 0.3) is 0 Å². The van der Waals surface area contributed by atoms with Crippen molar-refractivity contribution >= 4 is 17.7 Å². The molecule has 1 saturated carbocycles. The second-order valence-electron chi connectivity index (χ2n) is 5.83. The van der Waals surface area contributed by atoms with Crippen molar-refractivity contribution in [3.63, 3.8) is 0 Å². The van der Waals surface area contributed by atoms with Gasteiger partial charge in [0, 0.05) is 0 Å². The number of benzene rings is 1. The van der Waals surface area contributed by atoms with Crippen molar-refractivity contribution in [2.45, 2.75) is 42.9 Å². The zero-order valence-corrected chi connectivity index (χ0v) is 12.4. The highest BCUT2D eigenvalue weighted by molar-refractivity contribution is 8.00. The molecule has 108 valence electrons. The number of thioether (sulfide) groups is 1. The fourth-order valence-corrected chi connectivity index (χ4v) is 4.51. The number of amides is 1. The van der Waals surface area contributed by atoms with E-state index in [1.54, 1.807) is 11.8 Å². The van der Waals surface area contributed by atoms with Crippen LogP contribution in [0, 0.1) is 0 Å². The predicted octanol–water partition coefficient (Wildman–Crippen LogP) is 2.44. The molecule has 1 unspecified atom stereocenters. The van der Waals surface area contributed by atoms with Crippen molar-refractivity contribution in [1.82, 2.24) is 5.32 Å². The molecule has 2 aliphatic rings. The number of rotatable bonds is 3. The third-order valence-corrected chi connectivity index (χ3v) is 5.72. The lowest BCUT2D eigenvalue weighted by Crippen LogP contribution is -2.50. The van der Waals surface area contributed by atoms with E-state index in [0.717, 1.165) is 43.4 Å². The van der Waals surface area contributed by atoms with E-state index in [-0.39, 0.29) is 23.3 Å². The maximum atomic E-state index is 12.6. The summed E-state index contributed by atoms with van der Waals surface area (Å²) in [5.74, 6) is 1.06. The number of carbonyl (C=O) groups is 1. The average molecular weight is 291 g/mol. The Hall–Kier alpha value is -1.00. The highest BCUT2D eigenvalue weighted by Crippen LogP contribution is 2.38. The zero-order valence-electron chi connectivity index (χ0n) is 11.6. The van der Waals surface area contributed by atoms with Crippen LogP contribution in [0.1, 0.15) is 42.1 Å². The van der Waals surface area contributed by atoms with Gasteiger partial charge in [-0.2, -0.15) is 0 Å². The van der Waals surface area contributed by atoms with Crippen LogP contribution in [-0.4, -0.2) is 28.9 Å². The summed E-state index contributed by atoms with van der Waals surface area (Å²) in [6.45, 7) is 0.0533. The van der Waals surface area contributed by atoms with Gasteiger partial charge in [-0.1, -0.05) is 37.1 Å². The Kier molecular flexibility index (Phi) is 4.03. The van der Waals surface area contributed by atoms with Gasteiger partial charge in [-0.3, -0.25) is 4.79 Å². The number of carbonyl (C=O) groups excluding carboxylic acids is 1. The quantitative estimate of drug-likeness (QED) is 0.899. The molecular weight excluding hydrogens is 270 g/mol. The number of hydrogen-bond donors (Lipinski definition) is 2. The Morgan fingerprint density at radius 1 is 1.35 bits per heavy atom. The van der Waals surface area contributed by atoms with E-state index in [9.17, 15) is 9.90 Å². The van der Waals surface area contributed by atoms with Crippen LogP contribution in [-0.2, 0) is 11.2 Å². The van der Waals surface area contributed by atoms with Gasteiger partial charge in [0.25, 0.3) is 0 Å². The molecule has 1 amide bonds. The minimum atomic E-state index is -0.371. The van der Waals surface area contributed by atoms with Crippen molar-refractivity contribution in [3.8, 4) is 0 Å². The van der Waals surface area contributed by atoms with Crippen LogP contribution in [0.15, 0.2) is 24.3 Å². The lowest BCUT2D eigenvalue weighted by atomic mass is 9.96. The van der Waals surface area contributed by atoms with Gasteiger partial charge in [-0.05, 0) is 36.1 Å². The number of hydrogen-bond acceptors (Lipinski definition) is 3. The third-order valence-electron chi connectivity index (χ3n) is 4.48. The standard InChI is InChI=1S/C16H21NO2S/c18-11-16(8-3-4-9-16)17-15(19)14-13-6-2-1-5-12(13)7-10-20-14/h1-2,5-6,14,18H,3-4,7-11H2,(H,17,19). The van der Waals surface area contributed by atoms with Gasteiger partial charge in [-0.15, -0.1) is 11.8 Å². The fourth-order valence-electron chi connectivity index (χ4n) is 3.31. The first kappa shape index (κ1) is 14.0. The van der Waals surface area contributed by atoms with Gasteiger partial charge >= 0.3 is 0 Å². The highest BCUT2D eigenvalue weighted by Gasteiger charge is 2.37. The first-order valence-electron chi connectivity index (χ1n) is 7.36. The molecule has 3 rings (SSSR count). The molecule has 20 heavy (non-hydrogen) atoms. The summed E-state index contributed by atoms with van der Waals surface area (Å²) < 4.78 is 0. The van der Waals surface area contributed by atoms with Gasteiger partial charge in [0.05, 0.1) is 12.1 Å². The van der Waals surface area contributed by atoms with Crippen molar-refractivity contribution in [2.75, 3.05) is 12.4 Å². The fraction of sp³-hybridized carbons (Fsp3) is 0.562. The Morgan fingerprint density at radius 2 is 2.10 bits per heavy atom. The van der Waals surface area contributed by atoms with Crippen molar-refractivity contribution in [1.29, 1.82) is 0 Å². The topological polar surface area (TPSA) is 49.3 Å². The molecule has 1 aromatic rings. The van der Waals surface area contributed by atoms with E-state index in [1.807, 2.05) is 12.1 Å². The summed E-state index contributed by atoms with van der Waals surface area (Å²) >= 11 is 1.71. The minimum absolute atomic E-state index is 0.0533. The summed E-state index contributed by atoms with van der Waals surface area (Å²) in [5.41, 5.74) is 2.06. The maximum absolute atomic E-state index is 12.6. The molecule has 1 heterocycles. The molecule has 0 saturated heterocycles. The lowest BCUT2D eigenvalue weighted by molar-refractivity contribution is -0.123. The Morgan fingerprint density at radius 3 is 2.85 bits per heavy atom. The summed E-state index contributed by atoms with van der Waals surface area (Å²) in [4.78, 5) is 12.6. The number of fused-ring (bicyclic) bond motifs is 1. The molecule has 1 fully saturated rings. The molecule has 0 bridgehead atoms. The van der Waals surface area contributed by atoms with Crippen molar-refractivity contribution in [3.05, 3.63) is 35.4 Å². The van der Waals surface area contributed by atoms with E-state index in [0.29, 0.717) is 0 Å². The van der Waals surface area contributed by atoms with Crippen molar-refractivity contribution < 1.29 is 9.90 Å². The zero-order chi connectivity index (χ0) is 14.0. The summed E-state index contributed by atoms with van der Waals surface area (Å²) in [5, 5.41) is 12.7. The molecular formula is C16H21NO2S. The monoisotopic (exact) mass is 291 g/mol. The molecule has 1 atom stereocenters.